The monoisotopic (exact) mass is 303 g/mol. The third-order valence-electron chi connectivity index (χ3n) is 4.18. The maximum atomic E-state index is 11.3. The number of hydrogen-bond acceptors (Lipinski definition) is 4. The van der Waals surface area contributed by atoms with Gasteiger partial charge in [0.1, 0.15) is 11.6 Å². The van der Waals surface area contributed by atoms with Crippen LogP contribution in [0.4, 0.5) is 5.69 Å². The summed E-state index contributed by atoms with van der Waals surface area (Å²) in [6.07, 6.45) is 4.04. The van der Waals surface area contributed by atoms with Gasteiger partial charge in [0.2, 0.25) is 0 Å². The summed E-state index contributed by atoms with van der Waals surface area (Å²) in [4.78, 5) is 21.9. The Kier molecular flexibility index (Phi) is 3.37. The fourth-order valence-electron chi connectivity index (χ4n) is 3.01. The van der Waals surface area contributed by atoms with E-state index in [0.717, 1.165) is 29.4 Å². The van der Waals surface area contributed by atoms with E-state index in [2.05, 4.69) is 0 Å². The third kappa shape index (κ3) is 2.33. The lowest BCUT2D eigenvalue weighted by Gasteiger charge is -2.08. The number of non-ortho nitro benzene ring substituents is 1. The second-order valence-electron chi connectivity index (χ2n) is 5.84. The maximum absolute atomic E-state index is 11.3. The average Bonchev–Trinajstić information content (AvgIpc) is 3.24. The number of nitro groups is 1. The van der Waals surface area contributed by atoms with Gasteiger partial charge in [-0.15, -0.1) is 0 Å². The Morgan fingerprint density at radius 3 is 2.77 bits per heavy atom. The molecule has 1 aromatic carbocycles. The van der Waals surface area contributed by atoms with Gasteiger partial charge in [-0.2, -0.15) is 0 Å². The van der Waals surface area contributed by atoms with Crippen LogP contribution in [-0.2, 0) is 18.3 Å². The SMILES string of the molecule is Cn1cc(CC(N)C(=O)O)c2c(C3CC3)ccc([N+](=O)[O-])c21. The van der Waals surface area contributed by atoms with Crippen molar-refractivity contribution in [2.75, 3.05) is 0 Å². The zero-order valence-electron chi connectivity index (χ0n) is 12.2. The molecule has 7 heteroatoms. The Balaban J connectivity index is 2.22. The first kappa shape index (κ1) is 14.5. The van der Waals surface area contributed by atoms with Crippen LogP contribution in [0.1, 0.15) is 29.9 Å². The predicted octanol–water partition coefficient (Wildman–Crippen LogP) is 1.92. The molecule has 1 aromatic heterocycles. The van der Waals surface area contributed by atoms with Crippen molar-refractivity contribution >= 4 is 22.6 Å². The van der Waals surface area contributed by atoms with Crippen LogP contribution in [0.2, 0.25) is 0 Å². The molecule has 0 spiro atoms. The molecule has 1 atom stereocenters. The molecular weight excluding hydrogens is 286 g/mol. The molecule has 1 unspecified atom stereocenters. The Labute approximate surface area is 126 Å². The zero-order valence-corrected chi connectivity index (χ0v) is 12.2. The normalized spacial score (nSPS) is 15.9. The van der Waals surface area contributed by atoms with Crippen molar-refractivity contribution in [3.05, 3.63) is 39.6 Å². The molecule has 2 aromatic rings. The first-order valence-corrected chi connectivity index (χ1v) is 7.13. The highest BCUT2D eigenvalue weighted by Gasteiger charge is 2.30. The molecule has 3 rings (SSSR count). The van der Waals surface area contributed by atoms with Gasteiger partial charge in [0.25, 0.3) is 5.69 Å². The Morgan fingerprint density at radius 1 is 1.55 bits per heavy atom. The standard InChI is InChI=1S/C15H17N3O4/c1-17-7-9(6-11(16)15(19)20)13-10(8-2-3-8)4-5-12(14(13)17)18(21)22/h4-5,7-8,11H,2-3,6,16H2,1H3,(H,19,20). The van der Waals surface area contributed by atoms with E-state index in [1.165, 1.54) is 6.07 Å². The van der Waals surface area contributed by atoms with E-state index in [1.54, 1.807) is 23.9 Å². The van der Waals surface area contributed by atoms with Gasteiger partial charge in [-0.1, -0.05) is 6.07 Å². The summed E-state index contributed by atoms with van der Waals surface area (Å²) in [5.74, 6) is -0.666. The molecule has 0 radical (unpaired) electrons. The predicted molar refractivity (Wildman–Crippen MR) is 80.9 cm³/mol. The number of aromatic nitrogens is 1. The lowest BCUT2D eigenvalue weighted by molar-refractivity contribution is -0.383. The minimum atomic E-state index is -1.07. The van der Waals surface area contributed by atoms with Gasteiger partial charge >= 0.3 is 5.97 Å². The van der Waals surface area contributed by atoms with E-state index in [4.69, 9.17) is 10.8 Å². The third-order valence-corrected chi connectivity index (χ3v) is 4.18. The number of nitrogens with zero attached hydrogens (tertiary/aromatic N) is 2. The number of hydrogen-bond donors (Lipinski definition) is 2. The number of benzene rings is 1. The molecule has 1 aliphatic carbocycles. The topological polar surface area (TPSA) is 111 Å². The Hall–Kier alpha value is -2.41. The number of fused-ring (bicyclic) bond motifs is 1. The lowest BCUT2D eigenvalue weighted by atomic mass is 9.98. The zero-order chi connectivity index (χ0) is 16.0. The van der Waals surface area contributed by atoms with E-state index >= 15 is 0 Å². The van der Waals surface area contributed by atoms with Crippen LogP contribution in [0, 0.1) is 10.1 Å². The number of nitro benzene ring substituents is 1. The van der Waals surface area contributed by atoms with Crippen molar-refractivity contribution in [3.8, 4) is 0 Å². The number of aliphatic carboxylic acids is 1. The number of nitrogens with two attached hydrogens (primary N) is 1. The molecule has 1 aliphatic rings. The van der Waals surface area contributed by atoms with Gasteiger partial charge in [0.05, 0.1) is 4.92 Å². The number of carboxylic acid groups (broad SMARTS) is 1. The summed E-state index contributed by atoms with van der Waals surface area (Å²) in [7, 11) is 1.74. The highest BCUT2D eigenvalue weighted by atomic mass is 16.6. The van der Waals surface area contributed by atoms with Crippen molar-refractivity contribution in [1.29, 1.82) is 0 Å². The van der Waals surface area contributed by atoms with Crippen molar-refractivity contribution in [1.82, 2.24) is 4.57 Å². The van der Waals surface area contributed by atoms with Crippen LogP contribution >= 0.6 is 0 Å². The number of rotatable bonds is 5. The smallest absolute Gasteiger partial charge is 0.320 e. The van der Waals surface area contributed by atoms with Crippen LogP contribution in [0.5, 0.6) is 0 Å². The van der Waals surface area contributed by atoms with Gasteiger partial charge < -0.3 is 15.4 Å². The summed E-state index contributed by atoms with van der Waals surface area (Å²) in [5, 5.41) is 21.1. The lowest BCUT2D eigenvalue weighted by Crippen LogP contribution is -2.32. The van der Waals surface area contributed by atoms with Gasteiger partial charge in [-0.3, -0.25) is 14.9 Å². The summed E-state index contributed by atoms with van der Waals surface area (Å²) < 4.78 is 1.70. The van der Waals surface area contributed by atoms with Gasteiger partial charge in [-0.25, -0.2) is 0 Å². The molecule has 1 saturated carbocycles. The molecule has 0 saturated heterocycles. The second kappa shape index (κ2) is 5.10. The van der Waals surface area contributed by atoms with E-state index in [0.29, 0.717) is 11.4 Å². The molecule has 3 N–H and O–H groups in total. The van der Waals surface area contributed by atoms with Crippen LogP contribution in [-0.4, -0.2) is 26.6 Å². The quantitative estimate of drug-likeness (QED) is 0.647. The Morgan fingerprint density at radius 2 is 2.23 bits per heavy atom. The first-order chi connectivity index (χ1) is 10.4. The molecule has 116 valence electrons. The van der Waals surface area contributed by atoms with Crippen molar-refractivity contribution < 1.29 is 14.8 Å². The van der Waals surface area contributed by atoms with Crippen LogP contribution in [0.15, 0.2) is 18.3 Å². The van der Waals surface area contributed by atoms with E-state index in [9.17, 15) is 14.9 Å². The first-order valence-electron chi connectivity index (χ1n) is 7.13. The average molecular weight is 303 g/mol. The van der Waals surface area contributed by atoms with Crippen LogP contribution in [0.3, 0.4) is 0 Å². The fraction of sp³-hybridized carbons (Fsp3) is 0.400. The number of carbonyl (C=O) groups is 1. The molecule has 0 aliphatic heterocycles. The van der Waals surface area contributed by atoms with Crippen LogP contribution in [0.25, 0.3) is 10.9 Å². The molecule has 7 nitrogen and oxygen atoms in total. The van der Waals surface area contributed by atoms with Crippen molar-refractivity contribution in [2.24, 2.45) is 12.8 Å². The molecule has 22 heavy (non-hydrogen) atoms. The van der Waals surface area contributed by atoms with E-state index in [-0.39, 0.29) is 12.1 Å². The molecule has 1 fully saturated rings. The Bertz CT molecular complexity index is 777. The summed E-state index contributed by atoms with van der Waals surface area (Å²) in [6, 6.07) is 2.32. The highest BCUT2D eigenvalue weighted by Crippen LogP contribution is 2.46. The summed E-state index contributed by atoms with van der Waals surface area (Å²) in [5.41, 5.74) is 8.05. The van der Waals surface area contributed by atoms with Gasteiger partial charge in [0.15, 0.2) is 0 Å². The van der Waals surface area contributed by atoms with Crippen molar-refractivity contribution in [3.63, 3.8) is 0 Å². The van der Waals surface area contributed by atoms with E-state index < -0.39 is 16.9 Å². The minimum absolute atomic E-state index is 0.0389. The minimum Gasteiger partial charge on any atom is -0.480 e. The molecular formula is C15H17N3O4. The summed E-state index contributed by atoms with van der Waals surface area (Å²) in [6.45, 7) is 0. The number of aryl methyl sites for hydroxylation is 1. The maximum Gasteiger partial charge on any atom is 0.320 e. The molecule has 0 bridgehead atoms. The van der Waals surface area contributed by atoms with Gasteiger partial charge in [-0.05, 0) is 29.9 Å². The largest absolute Gasteiger partial charge is 0.480 e. The van der Waals surface area contributed by atoms with Crippen molar-refractivity contribution in [2.45, 2.75) is 31.2 Å². The molecule has 0 amide bonds. The number of carboxylic acids is 1. The van der Waals surface area contributed by atoms with Gasteiger partial charge in [0, 0.05) is 31.1 Å². The molecule has 1 heterocycles. The fourth-order valence-corrected chi connectivity index (χ4v) is 3.01. The highest BCUT2D eigenvalue weighted by molar-refractivity contribution is 5.95. The van der Waals surface area contributed by atoms with E-state index in [1.807, 2.05) is 0 Å². The summed E-state index contributed by atoms with van der Waals surface area (Å²) >= 11 is 0. The second-order valence-corrected chi connectivity index (χ2v) is 5.84. The van der Waals surface area contributed by atoms with Crippen LogP contribution < -0.4 is 5.73 Å².